The van der Waals surface area contributed by atoms with Gasteiger partial charge in [-0.1, -0.05) is 36.8 Å². The smallest absolute Gasteiger partial charge is 0.253 e. The number of likely N-dealkylation sites (tertiary alicyclic amines) is 1. The number of amides is 1. The molecule has 1 atom stereocenters. The van der Waals surface area contributed by atoms with Gasteiger partial charge in [-0.2, -0.15) is 10.2 Å². The molecule has 0 unspecified atom stereocenters. The molecular weight excluding hydrogens is 288 g/mol. The first kappa shape index (κ1) is 15.6. The summed E-state index contributed by atoms with van der Waals surface area (Å²) >= 11 is 0. The van der Waals surface area contributed by atoms with Crippen LogP contribution in [0.15, 0.2) is 48.8 Å². The highest BCUT2D eigenvalue weighted by atomic mass is 16.1. The van der Waals surface area contributed by atoms with Gasteiger partial charge >= 0.3 is 0 Å². The van der Waals surface area contributed by atoms with Crippen LogP contribution in [-0.4, -0.2) is 40.6 Å². The summed E-state index contributed by atoms with van der Waals surface area (Å²) in [7, 11) is 0. The van der Waals surface area contributed by atoms with Gasteiger partial charge in [0.1, 0.15) is 0 Å². The van der Waals surface area contributed by atoms with E-state index in [-0.39, 0.29) is 11.9 Å². The average molecular weight is 310 g/mol. The van der Waals surface area contributed by atoms with E-state index in [1.54, 1.807) is 6.07 Å². The first-order valence-electron chi connectivity index (χ1n) is 8.18. The third kappa shape index (κ3) is 4.13. The van der Waals surface area contributed by atoms with E-state index in [1.807, 2.05) is 6.07 Å². The largest absolute Gasteiger partial charge is 0.350 e. The number of carbonyl (C=O) groups is 1. The summed E-state index contributed by atoms with van der Waals surface area (Å²) in [6.45, 7) is 2.78. The van der Waals surface area contributed by atoms with Crippen molar-refractivity contribution in [2.75, 3.05) is 19.6 Å². The van der Waals surface area contributed by atoms with Gasteiger partial charge in [0, 0.05) is 6.54 Å². The van der Waals surface area contributed by atoms with Crippen LogP contribution in [0.3, 0.4) is 0 Å². The maximum Gasteiger partial charge on any atom is 0.253 e. The van der Waals surface area contributed by atoms with Crippen molar-refractivity contribution in [3.05, 3.63) is 59.9 Å². The van der Waals surface area contributed by atoms with Gasteiger partial charge in [-0.05, 0) is 37.6 Å². The molecule has 2 heterocycles. The lowest BCUT2D eigenvalue weighted by Gasteiger charge is -2.35. The Labute approximate surface area is 136 Å². The highest BCUT2D eigenvalue weighted by Crippen LogP contribution is 2.24. The Bertz CT molecular complexity index is 611. The average Bonchev–Trinajstić information content (AvgIpc) is 2.64. The van der Waals surface area contributed by atoms with Crippen molar-refractivity contribution in [3.8, 4) is 0 Å². The van der Waals surface area contributed by atoms with Gasteiger partial charge in [0.05, 0.1) is 24.0 Å². The molecule has 1 aliphatic heterocycles. The van der Waals surface area contributed by atoms with Crippen LogP contribution in [0.5, 0.6) is 0 Å². The standard InChI is InChI=1S/C18H22N4O/c23-18(16-9-10-20-21-13-16)19-14-17(15-7-3-1-4-8-15)22-11-5-2-6-12-22/h1,3-4,7-10,13,17H,2,5-6,11-12,14H2,(H,19,23)/t17-/m0/s1. The van der Waals surface area contributed by atoms with Gasteiger partial charge in [-0.25, -0.2) is 0 Å². The minimum Gasteiger partial charge on any atom is -0.350 e. The number of aromatic nitrogens is 2. The Kier molecular flexibility index (Phi) is 5.32. The van der Waals surface area contributed by atoms with Gasteiger partial charge in [0.25, 0.3) is 5.91 Å². The molecule has 120 valence electrons. The van der Waals surface area contributed by atoms with E-state index in [9.17, 15) is 4.79 Å². The van der Waals surface area contributed by atoms with Crippen LogP contribution in [0, 0.1) is 0 Å². The van der Waals surface area contributed by atoms with E-state index in [4.69, 9.17) is 0 Å². The normalized spacial score (nSPS) is 16.7. The van der Waals surface area contributed by atoms with Crippen molar-refractivity contribution in [1.82, 2.24) is 20.4 Å². The van der Waals surface area contributed by atoms with E-state index >= 15 is 0 Å². The topological polar surface area (TPSA) is 58.1 Å². The molecule has 1 fully saturated rings. The van der Waals surface area contributed by atoms with Gasteiger partial charge in [0.2, 0.25) is 0 Å². The maximum absolute atomic E-state index is 12.3. The van der Waals surface area contributed by atoms with Crippen LogP contribution in [-0.2, 0) is 0 Å². The molecule has 0 bridgehead atoms. The second-order valence-corrected chi connectivity index (χ2v) is 5.86. The van der Waals surface area contributed by atoms with Crippen LogP contribution < -0.4 is 5.32 Å². The molecule has 1 aliphatic rings. The Hall–Kier alpha value is -2.27. The molecule has 5 nitrogen and oxygen atoms in total. The van der Waals surface area contributed by atoms with Gasteiger partial charge < -0.3 is 5.32 Å². The molecule has 5 heteroatoms. The van der Waals surface area contributed by atoms with Crippen molar-refractivity contribution in [2.24, 2.45) is 0 Å². The van der Waals surface area contributed by atoms with Crippen LogP contribution in [0.4, 0.5) is 0 Å². The van der Waals surface area contributed by atoms with Crippen molar-refractivity contribution in [3.63, 3.8) is 0 Å². The fourth-order valence-electron chi connectivity index (χ4n) is 3.08. The highest BCUT2D eigenvalue weighted by Gasteiger charge is 2.22. The van der Waals surface area contributed by atoms with Crippen LogP contribution in [0.2, 0.25) is 0 Å². The quantitative estimate of drug-likeness (QED) is 0.921. The maximum atomic E-state index is 12.3. The molecule has 1 amide bonds. The molecule has 0 spiro atoms. The second kappa shape index (κ2) is 7.83. The fourth-order valence-corrected chi connectivity index (χ4v) is 3.08. The van der Waals surface area contributed by atoms with E-state index in [2.05, 4.69) is 44.7 Å². The van der Waals surface area contributed by atoms with Crippen LogP contribution in [0.25, 0.3) is 0 Å². The van der Waals surface area contributed by atoms with Crippen molar-refractivity contribution in [2.45, 2.75) is 25.3 Å². The first-order valence-corrected chi connectivity index (χ1v) is 8.18. The van der Waals surface area contributed by atoms with Crippen LogP contribution >= 0.6 is 0 Å². The monoisotopic (exact) mass is 310 g/mol. The molecule has 0 aliphatic carbocycles. The van der Waals surface area contributed by atoms with E-state index in [1.165, 1.54) is 37.2 Å². The number of hydrogen-bond acceptors (Lipinski definition) is 4. The lowest BCUT2D eigenvalue weighted by Crippen LogP contribution is -2.40. The third-order valence-electron chi connectivity index (χ3n) is 4.32. The predicted molar refractivity (Wildman–Crippen MR) is 89.0 cm³/mol. The Morgan fingerprint density at radius 1 is 1.09 bits per heavy atom. The zero-order valence-electron chi connectivity index (χ0n) is 13.2. The molecule has 1 N–H and O–H groups in total. The van der Waals surface area contributed by atoms with Crippen LogP contribution in [0.1, 0.15) is 41.2 Å². The summed E-state index contributed by atoms with van der Waals surface area (Å²) in [5.41, 5.74) is 1.80. The molecular formula is C18H22N4O. The van der Waals surface area contributed by atoms with Gasteiger partial charge in [-0.3, -0.25) is 9.69 Å². The van der Waals surface area contributed by atoms with Gasteiger partial charge in [-0.15, -0.1) is 0 Å². The van der Waals surface area contributed by atoms with Crippen molar-refractivity contribution < 1.29 is 4.79 Å². The van der Waals surface area contributed by atoms with Gasteiger partial charge in [0.15, 0.2) is 0 Å². The zero-order chi connectivity index (χ0) is 15.9. The van der Waals surface area contributed by atoms with E-state index in [0.29, 0.717) is 12.1 Å². The molecule has 1 aromatic heterocycles. The van der Waals surface area contributed by atoms with Crippen molar-refractivity contribution in [1.29, 1.82) is 0 Å². The molecule has 0 saturated carbocycles. The fraction of sp³-hybridized carbons (Fsp3) is 0.389. The number of benzene rings is 1. The molecule has 0 radical (unpaired) electrons. The van der Waals surface area contributed by atoms with Crippen molar-refractivity contribution >= 4 is 5.91 Å². The Morgan fingerprint density at radius 3 is 2.57 bits per heavy atom. The number of piperidine rings is 1. The third-order valence-corrected chi connectivity index (χ3v) is 4.32. The number of carbonyl (C=O) groups excluding carboxylic acids is 1. The Balaban J connectivity index is 1.70. The molecule has 23 heavy (non-hydrogen) atoms. The number of hydrogen-bond donors (Lipinski definition) is 1. The van der Waals surface area contributed by atoms with E-state index in [0.717, 1.165) is 13.1 Å². The number of nitrogens with zero attached hydrogens (tertiary/aromatic N) is 3. The van der Waals surface area contributed by atoms with E-state index < -0.39 is 0 Å². The zero-order valence-corrected chi connectivity index (χ0v) is 13.2. The predicted octanol–water partition coefficient (Wildman–Crippen LogP) is 2.43. The molecule has 3 rings (SSSR count). The Morgan fingerprint density at radius 2 is 1.87 bits per heavy atom. The summed E-state index contributed by atoms with van der Waals surface area (Å²) in [5.74, 6) is -0.0992. The second-order valence-electron chi connectivity index (χ2n) is 5.86. The summed E-state index contributed by atoms with van der Waals surface area (Å²) in [6, 6.07) is 12.3. The molecule has 2 aromatic rings. The number of rotatable bonds is 5. The lowest BCUT2D eigenvalue weighted by atomic mass is 10.0. The minimum absolute atomic E-state index is 0.0992. The molecule has 1 aromatic carbocycles. The minimum atomic E-state index is -0.0992. The summed E-state index contributed by atoms with van der Waals surface area (Å²) in [4.78, 5) is 14.7. The first-order chi connectivity index (χ1) is 11.3. The summed E-state index contributed by atoms with van der Waals surface area (Å²) < 4.78 is 0. The number of nitrogens with one attached hydrogen (secondary N) is 1. The SMILES string of the molecule is O=C(NC[C@@H](c1ccccc1)N1CCCCC1)c1ccnnc1. The summed E-state index contributed by atoms with van der Waals surface area (Å²) in [5, 5.41) is 10.5. The summed E-state index contributed by atoms with van der Waals surface area (Å²) in [6.07, 6.45) is 6.78. The molecule has 1 saturated heterocycles. The highest BCUT2D eigenvalue weighted by molar-refractivity contribution is 5.93. The lowest BCUT2D eigenvalue weighted by molar-refractivity contribution is 0.0924.